The molecule has 1 saturated heterocycles. The van der Waals surface area contributed by atoms with Crippen molar-refractivity contribution < 1.29 is 23.8 Å². The zero-order valence-corrected chi connectivity index (χ0v) is 17.1. The summed E-state index contributed by atoms with van der Waals surface area (Å²) in [5.74, 6) is -2.60. The summed E-state index contributed by atoms with van der Waals surface area (Å²) in [6, 6.07) is 6.51. The Kier molecular flexibility index (Phi) is 6.47. The third-order valence-electron chi connectivity index (χ3n) is 4.97. The van der Waals surface area contributed by atoms with Gasteiger partial charge in [0.2, 0.25) is 0 Å². The molecule has 0 spiro atoms. The third-order valence-corrected chi connectivity index (χ3v) is 4.97. The molecule has 1 N–H and O–H groups in total. The topological polar surface area (TPSA) is 83.0 Å². The number of methoxy groups -OCH3 is 1. The number of rotatable bonds is 7. The van der Waals surface area contributed by atoms with Gasteiger partial charge in [-0.05, 0) is 56.9 Å². The second-order valence-corrected chi connectivity index (χ2v) is 7.29. The fourth-order valence-electron chi connectivity index (χ4n) is 3.52. The van der Waals surface area contributed by atoms with Crippen molar-refractivity contribution >= 4 is 17.4 Å². The molecule has 1 aliphatic rings. The van der Waals surface area contributed by atoms with E-state index in [0.29, 0.717) is 18.5 Å². The van der Waals surface area contributed by atoms with Crippen LogP contribution in [0.25, 0.3) is 5.76 Å². The molecular weight excluding hydrogens is 389 g/mol. The van der Waals surface area contributed by atoms with Crippen LogP contribution >= 0.6 is 0 Å². The maximum Gasteiger partial charge on any atom is 0.295 e. The van der Waals surface area contributed by atoms with Crippen molar-refractivity contribution in [1.29, 1.82) is 0 Å². The number of aliphatic hydroxyl groups is 1. The molecular formula is C22H24FN3O4. The second kappa shape index (κ2) is 9.04. The molecule has 7 nitrogen and oxygen atoms in total. The van der Waals surface area contributed by atoms with Crippen LogP contribution in [0.3, 0.4) is 0 Å². The van der Waals surface area contributed by atoms with Crippen molar-refractivity contribution in [3.05, 3.63) is 65.2 Å². The van der Waals surface area contributed by atoms with Gasteiger partial charge >= 0.3 is 0 Å². The predicted molar refractivity (Wildman–Crippen MR) is 109 cm³/mol. The van der Waals surface area contributed by atoms with Gasteiger partial charge in [-0.1, -0.05) is 6.07 Å². The van der Waals surface area contributed by atoms with E-state index in [4.69, 9.17) is 4.74 Å². The van der Waals surface area contributed by atoms with Crippen LogP contribution in [0, 0.1) is 5.82 Å². The van der Waals surface area contributed by atoms with Crippen molar-refractivity contribution in [1.82, 2.24) is 14.8 Å². The standard InChI is InChI=1S/C22H24FN3O4/c1-25(2)10-5-11-26-19(15-6-4-9-24-13-15)18(21(28)22(26)29)20(27)14-7-8-17(30-3)16(23)12-14/h4,6-9,12-13,19,27H,5,10-11H2,1-3H3/t19-/m1/s1. The van der Waals surface area contributed by atoms with Crippen LogP contribution in [0.15, 0.2) is 48.3 Å². The highest BCUT2D eigenvalue weighted by Gasteiger charge is 2.45. The first kappa shape index (κ1) is 21.4. The molecule has 1 amide bonds. The van der Waals surface area contributed by atoms with E-state index < -0.39 is 29.3 Å². The largest absolute Gasteiger partial charge is 0.507 e. The Hall–Kier alpha value is -3.26. The number of nitrogens with zero attached hydrogens (tertiary/aromatic N) is 3. The number of carbonyl (C=O) groups excluding carboxylic acids is 2. The Bertz CT molecular complexity index is 976. The van der Waals surface area contributed by atoms with E-state index >= 15 is 0 Å². The van der Waals surface area contributed by atoms with Crippen LogP contribution in [-0.2, 0) is 9.59 Å². The highest BCUT2D eigenvalue weighted by atomic mass is 19.1. The quantitative estimate of drug-likeness (QED) is 0.427. The van der Waals surface area contributed by atoms with Crippen molar-refractivity contribution in [2.75, 3.05) is 34.3 Å². The van der Waals surface area contributed by atoms with Gasteiger partial charge < -0.3 is 19.6 Å². The van der Waals surface area contributed by atoms with E-state index in [1.54, 1.807) is 24.5 Å². The first-order valence-electron chi connectivity index (χ1n) is 9.52. The van der Waals surface area contributed by atoms with Crippen LogP contribution in [0.1, 0.15) is 23.6 Å². The summed E-state index contributed by atoms with van der Waals surface area (Å²) in [4.78, 5) is 33.2. The summed E-state index contributed by atoms with van der Waals surface area (Å²) in [6.07, 6.45) is 3.78. The first-order valence-corrected chi connectivity index (χ1v) is 9.52. The SMILES string of the molecule is COc1ccc(C(O)=C2C(=O)C(=O)N(CCCN(C)C)[C@@H]2c2cccnc2)cc1F. The highest BCUT2D eigenvalue weighted by Crippen LogP contribution is 2.39. The lowest BCUT2D eigenvalue weighted by molar-refractivity contribution is -0.139. The van der Waals surface area contributed by atoms with Gasteiger partial charge in [0.1, 0.15) is 5.76 Å². The van der Waals surface area contributed by atoms with Crippen molar-refractivity contribution in [2.45, 2.75) is 12.5 Å². The lowest BCUT2D eigenvalue weighted by atomic mass is 9.96. The molecule has 3 rings (SSSR count). The number of aromatic nitrogens is 1. The Morgan fingerprint density at radius 3 is 2.67 bits per heavy atom. The average molecular weight is 413 g/mol. The number of pyridine rings is 1. The molecule has 0 saturated carbocycles. The molecule has 158 valence electrons. The molecule has 2 heterocycles. The summed E-state index contributed by atoms with van der Waals surface area (Å²) in [7, 11) is 5.18. The monoisotopic (exact) mass is 413 g/mol. The molecule has 0 bridgehead atoms. The number of benzene rings is 1. The minimum atomic E-state index is -0.803. The maximum absolute atomic E-state index is 14.2. The average Bonchev–Trinajstić information content (AvgIpc) is 2.98. The van der Waals surface area contributed by atoms with Gasteiger partial charge in [-0.15, -0.1) is 0 Å². The molecule has 30 heavy (non-hydrogen) atoms. The number of halogens is 1. The third kappa shape index (κ3) is 4.18. The number of ether oxygens (including phenoxy) is 1. The molecule has 0 radical (unpaired) electrons. The second-order valence-electron chi connectivity index (χ2n) is 7.29. The summed E-state index contributed by atoms with van der Waals surface area (Å²) in [5.41, 5.74) is 0.605. The molecule has 1 aromatic heterocycles. The normalized spacial score (nSPS) is 18.3. The number of Topliss-reactive ketones (excluding diaryl/α,β-unsaturated/α-hetero) is 1. The van der Waals surface area contributed by atoms with Gasteiger partial charge in [0.15, 0.2) is 11.6 Å². The number of ketones is 1. The molecule has 1 aliphatic heterocycles. The smallest absolute Gasteiger partial charge is 0.295 e. The molecule has 1 aromatic carbocycles. The Morgan fingerprint density at radius 1 is 1.30 bits per heavy atom. The Labute approximate surface area is 174 Å². The van der Waals surface area contributed by atoms with E-state index in [0.717, 1.165) is 12.6 Å². The first-order chi connectivity index (χ1) is 14.3. The van der Waals surface area contributed by atoms with Crippen LogP contribution in [0.5, 0.6) is 5.75 Å². The lowest BCUT2D eigenvalue weighted by Crippen LogP contribution is -2.32. The van der Waals surface area contributed by atoms with E-state index in [1.807, 2.05) is 19.0 Å². The van der Waals surface area contributed by atoms with E-state index in [9.17, 15) is 19.1 Å². The molecule has 0 unspecified atom stereocenters. The molecule has 0 aliphatic carbocycles. The number of hydrogen-bond acceptors (Lipinski definition) is 6. The zero-order valence-electron chi connectivity index (χ0n) is 17.1. The molecule has 1 fully saturated rings. The molecule has 1 atom stereocenters. The zero-order chi connectivity index (χ0) is 21.8. The van der Waals surface area contributed by atoms with Crippen LogP contribution in [-0.4, -0.2) is 65.9 Å². The Balaban J connectivity index is 2.08. The van der Waals surface area contributed by atoms with Crippen LogP contribution in [0.2, 0.25) is 0 Å². The maximum atomic E-state index is 14.2. The number of likely N-dealkylation sites (tertiary alicyclic amines) is 1. The van der Waals surface area contributed by atoms with E-state index in [2.05, 4.69) is 4.98 Å². The number of carbonyl (C=O) groups is 2. The van der Waals surface area contributed by atoms with Gasteiger partial charge in [-0.3, -0.25) is 14.6 Å². The molecule has 8 heteroatoms. The Morgan fingerprint density at radius 2 is 2.07 bits per heavy atom. The number of aliphatic hydroxyl groups excluding tert-OH is 1. The fourth-order valence-corrected chi connectivity index (χ4v) is 3.52. The van der Waals surface area contributed by atoms with Gasteiger partial charge in [0, 0.05) is 24.5 Å². The molecule has 2 aromatic rings. The van der Waals surface area contributed by atoms with E-state index in [-0.39, 0.29) is 16.9 Å². The minimum Gasteiger partial charge on any atom is -0.507 e. The van der Waals surface area contributed by atoms with Gasteiger partial charge in [0.25, 0.3) is 11.7 Å². The summed E-state index contributed by atoms with van der Waals surface area (Å²) in [6.45, 7) is 1.06. The number of hydrogen-bond donors (Lipinski definition) is 1. The van der Waals surface area contributed by atoms with E-state index in [1.165, 1.54) is 24.1 Å². The van der Waals surface area contributed by atoms with Crippen LogP contribution < -0.4 is 4.74 Å². The number of amides is 1. The van der Waals surface area contributed by atoms with Gasteiger partial charge in [-0.2, -0.15) is 0 Å². The van der Waals surface area contributed by atoms with Crippen LogP contribution in [0.4, 0.5) is 4.39 Å². The minimum absolute atomic E-state index is 0.0134. The summed E-state index contributed by atoms with van der Waals surface area (Å²) >= 11 is 0. The van der Waals surface area contributed by atoms with Crippen molar-refractivity contribution in [3.63, 3.8) is 0 Å². The summed E-state index contributed by atoms with van der Waals surface area (Å²) in [5, 5.41) is 10.9. The van der Waals surface area contributed by atoms with Gasteiger partial charge in [-0.25, -0.2) is 4.39 Å². The lowest BCUT2D eigenvalue weighted by Gasteiger charge is -2.25. The van der Waals surface area contributed by atoms with Crippen molar-refractivity contribution in [2.24, 2.45) is 0 Å². The van der Waals surface area contributed by atoms with Crippen molar-refractivity contribution in [3.8, 4) is 5.75 Å². The van der Waals surface area contributed by atoms with Gasteiger partial charge in [0.05, 0.1) is 18.7 Å². The predicted octanol–water partition coefficient (Wildman–Crippen LogP) is 2.60. The fraction of sp³-hybridized carbons (Fsp3) is 0.318. The highest BCUT2D eigenvalue weighted by molar-refractivity contribution is 6.46. The summed E-state index contributed by atoms with van der Waals surface area (Å²) < 4.78 is 19.1.